The molecule has 0 radical (unpaired) electrons. The molecule has 7 nitrogen and oxygen atoms in total. The van der Waals surface area contributed by atoms with Crippen LogP contribution in [0.2, 0.25) is 0 Å². The summed E-state index contributed by atoms with van der Waals surface area (Å²) in [6, 6.07) is 2.92. The van der Waals surface area contributed by atoms with Crippen LogP contribution in [-0.2, 0) is 9.59 Å². The van der Waals surface area contributed by atoms with Gasteiger partial charge in [-0.25, -0.2) is 4.79 Å². The van der Waals surface area contributed by atoms with Gasteiger partial charge in [-0.3, -0.25) is 14.5 Å². The van der Waals surface area contributed by atoms with Crippen molar-refractivity contribution in [2.24, 2.45) is 0 Å². The van der Waals surface area contributed by atoms with Crippen molar-refractivity contribution in [2.75, 3.05) is 13.6 Å². The zero-order valence-corrected chi connectivity index (χ0v) is 15.0. The van der Waals surface area contributed by atoms with Crippen molar-refractivity contribution in [1.29, 1.82) is 0 Å². The van der Waals surface area contributed by atoms with Gasteiger partial charge in [0.15, 0.2) is 0 Å². The number of furan rings is 1. The van der Waals surface area contributed by atoms with Gasteiger partial charge in [0.1, 0.15) is 23.6 Å². The summed E-state index contributed by atoms with van der Waals surface area (Å²) in [5.41, 5.74) is -0.751. The molecule has 25 heavy (non-hydrogen) atoms. The zero-order chi connectivity index (χ0) is 18.2. The van der Waals surface area contributed by atoms with Crippen LogP contribution in [0.1, 0.15) is 56.6 Å². The SMILES string of the molecule is Cc1ccc(C(C)NC(=O)CN2C(=O)N(C)C3(CCCCC3)C2=O)o1. The fourth-order valence-electron chi connectivity index (χ4n) is 3.86. The number of imide groups is 1. The Labute approximate surface area is 147 Å². The molecular formula is C18H25N3O4. The normalized spacial score (nSPS) is 21.1. The van der Waals surface area contributed by atoms with Gasteiger partial charge < -0.3 is 14.6 Å². The van der Waals surface area contributed by atoms with Gasteiger partial charge in [0, 0.05) is 7.05 Å². The fraction of sp³-hybridized carbons (Fsp3) is 0.611. The second-order valence-electron chi connectivity index (χ2n) is 7.06. The summed E-state index contributed by atoms with van der Waals surface area (Å²) in [4.78, 5) is 40.3. The molecule has 1 N–H and O–H groups in total. The van der Waals surface area contributed by atoms with Gasteiger partial charge in [-0.1, -0.05) is 19.3 Å². The summed E-state index contributed by atoms with van der Waals surface area (Å²) in [5, 5.41) is 2.79. The summed E-state index contributed by atoms with van der Waals surface area (Å²) < 4.78 is 5.50. The van der Waals surface area contributed by atoms with E-state index in [1.807, 2.05) is 13.0 Å². The number of hydrogen-bond donors (Lipinski definition) is 1. The third kappa shape index (κ3) is 3.03. The van der Waals surface area contributed by atoms with E-state index in [1.54, 1.807) is 20.0 Å². The van der Waals surface area contributed by atoms with Gasteiger partial charge in [-0.05, 0) is 38.8 Å². The van der Waals surface area contributed by atoms with E-state index in [0.29, 0.717) is 18.6 Å². The number of aryl methyl sites for hydroxylation is 1. The Hall–Kier alpha value is -2.31. The first kappa shape index (κ1) is 17.5. The molecule has 1 unspecified atom stereocenters. The van der Waals surface area contributed by atoms with E-state index in [0.717, 1.165) is 29.9 Å². The van der Waals surface area contributed by atoms with Crippen LogP contribution in [0.4, 0.5) is 4.79 Å². The number of urea groups is 1. The zero-order valence-electron chi connectivity index (χ0n) is 15.0. The van der Waals surface area contributed by atoms with Crippen LogP contribution in [0.5, 0.6) is 0 Å². The summed E-state index contributed by atoms with van der Waals surface area (Å²) in [7, 11) is 1.66. The highest BCUT2D eigenvalue weighted by Gasteiger charge is 2.55. The van der Waals surface area contributed by atoms with Crippen molar-refractivity contribution in [3.05, 3.63) is 23.7 Å². The van der Waals surface area contributed by atoms with E-state index in [4.69, 9.17) is 4.42 Å². The number of likely N-dealkylation sites (N-methyl/N-ethyl adjacent to an activating group) is 1. The molecule has 2 aliphatic rings. The number of carbonyl (C=O) groups excluding carboxylic acids is 3. The topological polar surface area (TPSA) is 82.9 Å². The van der Waals surface area contributed by atoms with Crippen molar-refractivity contribution in [3.63, 3.8) is 0 Å². The summed E-state index contributed by atoms with van der Waals surface area (Å²) in [5.74, 6) is 0.800. The van der Waals surface area contributed by atoms with Gasteiger partial charge in [-0.15, -0.1) is 0 Å². The summed E-state index contributed by atoms with van der Waals surface area (Å²) >= 11 is 0. The van der Waals surface area contributed by atoms with Crippen molar-refractivity contribution in [1.82, 2.24) is 15.1 Å². The number of nitrogens with one attached hydrogen (secondary N) is 1. The third-order valence-corrected chi connectivity index (χ3v) is 5.35. The maximum absolute atomic E-state index is 12.9. The number of nitrogens with zero attached hydrogens (tertiary/aromatic N) is 2. The molecule has 1 saturated carbocycles. The Kier molecular flexibility index (Phi) is 4.58. The van der Waals surface area contributed by atoms with Crippen molar-refractivity contribution in [3.8, 4) is 0 Å². The molecule has 0 aromatic carbocycles. The predicted octanol–water partition coefficient (Wildman–Crippen LogP) is 2.36. The Morgan fingerprint density at radius 3 is 2.56 bits per heavy atom. The van der Waals surface area contributed by atoms with Crippen LogP contribution in [0.15, 0.2) is 16.5 Å². The lowest BCUT2D eigenvalue weighted by atomic mass is 9.81. The van der Waals surface area contributed by atoms with Gasteiger partial charge >= 0.3 is 6.03 Å². The number of rotatable bonds is 4. The molecule has 1 saturated heterocycles. The van der Waals surface area contributed by atoms with Crippen LogP contribution in [0.3, 0.4) is 0 Å². The number of amides is 4. The standard InChI is InChI=1S/C18H25N3O4/c1-12-7-8-14(25-12)13(2)19-15(22)11-21-16(23)18(20(3)17(21)24)9-5-4-6-10-18/h7-8,13H,4-6,9-11H2,1-3H3,(H,19,22). The summed E-state index contributed by atoms with van der Waals surface area (Å²) in [6.45, 7) is 3.38. The molecular weight excluding hydrogens is 322 g/mol. The van der Waals surface area contributed by atoms with Crippen LogP contribution in [0, 0.1) is 6.92 Å². The molecule has 0 bridgehead atoms. The molecule has 1 aromatic heterocycles. The molecule has 7 heteroatoms. The van der Waals surface area contributed by atoms with Crippen molar-refractivity contribution >= 4 is 17.8 Å². The van der Waals surface area contributed by atoms with Gasteiger partial charge in [0.2, 0.25) is 5.91 Å². The van der Waals surface area contributed by atoms with Crippen LogP contribution in [-0.4, -0.2) is 46.8 Å². The average molecular weight is 347 g/mol. The van der Waals surface area contributed by atoms with Gasteiger partial charge in [-0.2, -0.15) is 0 Å². The van der Waals surface area contributed by atoms with Gasteiger partial charge in [0.25, 0.3) is 5.91 Å². The molecule has 2 heterocycles. The first-order valence-corrected chi connectivity index (χ1v) is 8.80. The molecule has 1 aliphatic heterocycles. The monoisotopic (exact) mass is 347 g/mol. The van der Waals surface area contributed by atoms with Crippen molar-refractivity contribution < 1.29 is 18.8 Å². The molecule has 1 spiro atoms. The Morgan fingerprint density at radius 1 is 1.28 bits per heavy atom. The maximum Gasteiger partial charge on any atom is 0.327 e. The quantitative estimate of drug-likeness (QED) is 0.848. The minimum Gasteiger partial charge on any atom is -0.464 e. The molecule has 3 rings (SSSR count). The van der Waals surface area contributed by atoms with Crippen molar-refractivity contribution in [2.45, 2.75) is 57.5 Å². The third-order valence-electron chi connectivity index (χ3n) is 5.35. The lowest BCUT2D eigenvalue weighted by Crippen LogP contribution is -2.49. The lowest BCUT2D eigenvalue weighted by molar-refractivity contribution is -0.137. The van der Waals surface area contributed by atoms with Crippen LogP contribution < -0.4 is 5.32 Å². The largest absolute Gasteiger partial charge is 0.464 e. The van der Waals surface area contributed by atoms with Gasteiger partial charge in [0.05, 0.1) is 6.04 Å². The second kappa shape index (κ2) is 6.54. The predicted molar refractivity (Wildman–Crippen MR) is 90.7 cm³/mol. The Bertz CT molecular complexity index is 690. The fourth-order valence-corrected chi connectivity index (χ4v) is 3.86. The number of hydrogen-bond acceptors (Lipinski definition) is 4. The Morgan fingerprint density at radius 2 is 1.96 bits per heavy atom. The molecule has 2 fully saturated rings. The molecule has 136 valence electrons. The van der Waals surface area contributed by atoms with E-state index in [9.17, 15) is 14.4 Å². The van der Waals surface area contributed by atoms with E-state index >= 15 is 0 Å². The smallest absolute Gasteiger partial charge is 0.327 e. The first-order valence-electron chi connectivity index (χ1n) is 8.80. The highest BCUT2D eigenvalue weighted by Crippen LogP contribution is 2.39. The molecule has 1 aromatic rings. The van der Waals surface area contributed by atoms with Crippen LogP contribution >= 0.6 is 0 Å². The van der Waals surface area contributed by atoms with E-state index in [-0.39, 0.29) is 30.4 Å². The minimum absolute atomic E-state index is 0.239. The second-order valence-corrected chi connectivity index (χ2v) is 7.06. The summed E-state index contributed by atoms with van der Waals surface area (Å²) in [6.07, 6.45) is 4.29. The van der Waals surface area contributed by atoms with E-state index < -0.39 is 5.54 Å². The first-order chi connectivity index (χ1) is 11.8. The minimum atomic E-state index is -0.751. The lowest BCUT2D eigenvalue weighted by Gasteiger charge is -2.35. The Balaban J connectivity index is 1.66. The highest BCUT2D eigenvalue weighted by atomic mass is 16.3. The molecule has 4 amide bonds. The number of carbonyl (C=O) groups is 3. The van der Waals surface area contributed by atoms with Crippen LogP contribution in [0.25, 0.3) is 0 Å². The highest BCUT2D eigenvalue weighted by molar-refractivity contribution is 6.08. The van der Waals surface area contributed by atoms with E-state index in [2.05, 4.69) is 5.32 Å². The maximum atomic E-state index is 12.9. The molecule has 1 atom stereocenters. The van der Waals surface area contributed by atoms with E-state index in [1.165, 1.54) is 4.90 Å². The average Bonchev–Trinajstić information content (AvgIpc) is 3.10. The molecule has 1 aliphatic carbocycles.